The highest BCUT2D eigenvalue weighted by atomic mass is 19.1. The zero-order valence-electron chi connectivity index (χ0n) is 21.0. The number of nitrogens with one attached hydrogen (secondary N) is 1. The van der Waals surface area contributed by atoms with Crippen LogP contribution in [0.15, 0.2) is 36.5 Å². The molecule has 1 N–H and O–H groups in total. The monoisotopic (exact) mass is 488 g/mol. The second-order valence-electron chi connectivity index (χ2n) is 10.5. The Balaban J connectivity index is 1.26. The molecule has 1 aliphatic carbocycles. The first-order valence-corrected chi connectivity index (χ1v) is 13.0. The number of ether oxygens (including phenoxy) is 1. The molecule has 0 atom stereocenters. The van der Waals surface area contributed by atoms with Gasteiger partial charge in [-0.2, -0.15) is 0 Å². The highest BCUT2D eigenvalue weighted by molar-refractivity contribution is 6.03. The number of anilines is 1. The molecule has 1 fully saturated rings. The van der Waals surface area contributed by atoms with Crippen LogP contribution in [0.1, 0.15) is 49.8 Å². The Labute approximate surface area is 211 Å². The van der Waals surface area contributed by atoms with Crippen molar-refractivity contribution in [1.29, 1.82) is 0 Å². The number of benzene rings is 1. The minimum atomic E-state index is -0.274. The lowest BCUT2D eigenvalue weighted by molar-refractivity contribution is -0.142. The summed E-state index contributed by atoms with van der Waals surface area (Å²) in [5.41, 5.74) is 6.90. The lowest BCUT2D eigenvalue weighted by Crippen LogP contribution is -2.40. The third kappa shape index (κ3) is 3.99. The predicted molar refractivity (Wildman–Crippen MR) is 140 cm³/mol. The van der Waals surface area contributed by atoms with Crippen LogP contribution < -0.4 is 4.90 Å². The SMILES string of the molecule is COC(=O)CC1CCC(N2CC=C(c3[nH]c4ncc(F)c5c4c3CN(C)c3ccccc3-5)CC2)CC1. The minimum absolute atomic E-state index is 0.0895. The van der Waals surface area contributed by atoms with E-state index in [0.717, 1.165) is 78.7 Å². The van der Waals surface area contributed by atoms with E-state index in [1.807, 2.05) is 18.2 Å². The zero-order valence-corrected chi connectivity index (χ0v) is 21.0. The fourth-order valence-corrected chi connectivity index (χ4v) is 6.51. The third-order valence-corrected chi connectivity index (χ3v) is 8.44. The molecule has 2 aliphatic heterocycles. The van der Waals surface area contributed by atoms with Crippen molar-refractivity contribution >= 4 is 28.3 Å². The van der Waals surface area contributed by atoms with Gasteiger partial charge in [0.25, 0.3) is 0 Å². The smallest absolute Gasteiger partial charge is 0.305 e. The highest BCUT2D eigenvalue weighted by Crippen LogP contribution is 2.44. The fourth-order valence-electron chi connectivity index (χ4n) is 6.51. The van der Waals surface area contributed by atoms with Crippen molar-refractivity contribution < 1.29 is 13.9 Å². The lowest BCUT2D eigenvalue weighted by Gasteiger charge is -2.38. The molecule has 0 bridgehead atoms. The molecule has 36 heavy (non-hydrogen) atoms. The maximum absolute atomic E-state index is 15.2. The van der Waals surface area contributed by atoms with Crippen molar-refractivity contribution in [2.24, 2.45) is 5.92 Å². The molecular formula is C29H33FN4O2. The van der Waals surface area contributed by atoms with Crippen molar-refractivity contribution in [2.75, 3.05) is 32.1 Å². The van der Waals surface area contributed by atoms with Crippen LogP contribution in [0.2, 0.25) is 0 Å². The van der Waals surface area contributed by atoms with Crippen LogP contribution in [0, 0.1) is 11.7 Å². The molecule has 1 saturated carbocycles. The molecule has 6 nitrogen and oxygen atoms in total. The largest absolute Gasteiger partial charge is 0.469 e. The summed E-state index contributed by atoms with van der Waals surface area (Å²) in [5.74, 6) is 0.0909. The van der Waals surface area contributed by atoms with E-state index in [0.29, 0.717) is 30.5 Å². The number of aromatic amines is 1. The molecule has 3 aliphatic rings. The van der Waals surface area contributed by atoms with E-state index >= 15 is 4.39 Å². The van der Waals surface area contributed by atoms with E-state index in [1.54, 1.807) is 0 Å². The van der Waals surface area contributed by atoms with Crippen molar-refractivity contribution in [2.45, 2.75) is 51.1 Å². The molecule has 0 spiro atoms. The molecule has 3 aromatic rings. The molecule has 1 aromatic carbocycles. The van der Waals surface area contributed by atoms with E-state index in [2.05, 4.69) is 39.0 Å². The van der Waals surface area contributed by atoms with E-state index in [4.69, 9.17) is 4.74 Å². The maximum Gasteiger partial charge on any atom is 0.305 e. The number of nitrogens with zero attached hydrogens (tertiary/aromatic N) is 3. The Bertz CT molecular complexity index is 1340. The number of H-pyrrole nitrogens is 1. The fraction of sp³-hybridized carbons (Fsp3) is 0.448. The van der Waals surface area contributed by atoms with E-state index in [-0.39, 0.29) is 11.8 Å². The summed E-state index contributed by atoms with van der Waals surface area (Å²) >= 11 is 0. The van der Waals surface area contributed by atoms with Gasteiger partial charge in [0.1, 0.15) is 11.5 Å². The van der Waals surface area contributed by atoms with Crippen LogP contribution in [0.4, 0.5) is 10.1 Å². The number of pyridine rings is 1. The number of para-hydroxylation sites is 1. The quantitative estimate of drug-likeness (QED) is 0.490. The number of halogens is 1. The average molecular weight is 489 g/mol. The van der Waals surface area contributed by atoms with E-state index < -0.39 is 0 Å². The van der Waals surface area contributed by atoms with Crippen molar-refractivity contribution in [3.63, 3.8) is 0 Å². The number of hydrogen-bond acceptors (Lipinski definition) is 5. The Hall–Kier alpha value is -3.19. The molecule has 0 radical (unpaired) electrons. The number of rotatable bonds is 4. The van der Waals surface area contributed by atoms with Crippen LogP contribution in [-0.2, 0) is 16.1 Å². The van der Waals surface area contributed by atoms with Gasteiger partial charge in [-0.25, -0.2) is 9.37 Å². The number of carbonyl (C=O) groups excluding carboxylic acids is 1. The third-order valence-electron chi connectivity index (χ3n) is 8.44. The molecule has 2 aromatic heterocycles. The Kier molecular flexibility index (Phi) is 6.04. The van der Waals surface area contributed by atoms with Gasteiger partial charge < -0.3 is 14.6 Å². The second kappa shape index (κ2) is 9.36. The van der Waals surface area contributed by atoms with Crippen molar-refractivity contribution in [3.05, 3.63) is 53.6 Å². The molecule has 0 saturated heterocycles. The summed E-state index contributed by atoms with van der Waals surface area (Å²) in [6, 6.07) is 8.62. The standard InChI is InChI=1S/C29H33FN4O2/c1-33-17-22-27-26(21-5-3-4-6-24(21)33)23(30)16-31-29(27)32-28(22)19-11-13-34(14-12-19)20-9-7-18(8-10-20)15-25(35)36-2/h3-6,11,16,18,20H,7-10,12-15,17H2,1-2H3,(H,31,32). The van der Waals surface area contributed by atoms with Crippen LogP contribution in [0.25, 0.3) is 27.7 Å². The zero-order chi connectivity index (χ0) is 24.8. The van der Waals surface area contributed by atoms with Crippen LogP contribution in [-0.4, -0.2) is 54.1 Å². The van der Waals surface area contributed by atoms with Gasteiger partial charge in [0, 0.05) is 72.6 Å². The van der Waals surface area contributed by atoms with Crippen LogP contribution in [0.3, 0.4) is 0 Å². The van der Waals surface area contributed by atoms with Gasteiger partial charge in [-0.1, -0.05) is 24.3 Å². The summed E-state index contributed by atoms with van der Waals surface area (Å²) in [6.07, 6.45) is 9.65. The molecule has 0 amide bonds. The number of fused-ring (bicyclic) bond motifs is 2. The average Bonchev–Trinajstić information content (AvgIpc) is 3.20. The van der Waals surface area contributed by atoms with Crippen LogP contribution in [0.5, 0.6) is 0 Å². The summed E-state index contributed by atoms with van der Waals surface area (Å²) in [4.78, 5) is 24.4. The number of aromatic nitrogens is 2. The highest BCUT2D eigenvalue weighted by Gasteiger charge is 2.31. The summed E-state index contributed by atoms with van der Waals surface area (Å²) in [6.45, 7) is 2.63. The first-order valence-electron chi connectivity index (χ1n) is 13.0. The van der Waals surface area contributed by atoms with E-state index in [1.165, 1.54) is 18.9 Å². The second-order valence-corrected chi connectivity index (χ2v) is 10.5. The van der Waals surface area contributed by atoms with Crippen LogP contribution >= 0.6 is 0 Å². The minimum Gasteiger partial charge on any atom is -0.469 e. The Morgan fingerprint density at radius 2 is 2.03 bits per heavy atom. The summed E-state index contributed by atoms with van der Waals surface area (Å²) in [7, 11) is 3.55. The van der Waals surface area contributed by atoms with Gasteiger partial charge in [0.15, 0.2) is 0 Å². The number of carbonyl (C=O) groups is 1. The molecule has 0 unspecified atom stereocenters. The molecular weight excluding hydrogens is 455 g/mol. The lowest BCUT2D eigenvalue weighted by atomic mass is 9.83. The number of esters is 1. The Morgan fingerprint density at radius 3 is 2.78 bits per heavy atom. The molecule has 4 heterocycles. The van der Waals surface area contributed by atoms with Gasteiger partial charge in [0.05, 0.1) is 13.3 Å². The normalized spacial score (nSPS) is 22.2. The van der Waals surface area contributed by atoms with E-state index in [9.17, 15) is 4.79 Å². The van der Waals surface area contributed by atoms with Gasteiger partial charge >= 0.3 is 5.97 Å². The first kappa shape index (κ1) is 23.2. The molecule has 6 rings (SSSR count). The number of methoxy groups -OCH3 is 1. The van der Waals surface area contributed by atoms with Gasteiger partial charge in [0.2, 0.25) is 0 Å². The van der Waals surface area contributed by atoms with Gasteiger partial charge in [-0.05, 0) is 49.7 Å². The first-order chi connectivity index (χ1) is 17.5. The number of hydrogen-bond donors (Lipinski definition) is 1. The van der Waals surface area contributed by atoms with Gasteiger partial charge in [-0.15, -0.1) is 0 Å². The Morgan fingerprint density at radius 1 is 1.22 bits per heavy atom. The molecule has 188 valence electrons. The topological polar surface area (TPSA) is 61.5 Å². The maximum atomic E-state index is 15.2. The molecule has 7 heteroatoms. The summed E-state index contributed by atoms with van der Waals surface area (Å²) < 4.78 is 20.1. The van der Waals surface area contributed by atoms with Gasteiger partial charge in [-0.3, -0.25) is 9.69 Å². The summed E-state index contributed by atoms with van der Waals surface area (Å²) in [5, 5.41) is 0.911. The predicted octanol–water partition coefficient (Wildman–Crippen LogP) is 5.53. The van der Waals surface area contributed by atoms with Crippen molar-refractivity contribution in [1.82, 2.24) is 14.9 Å². The van der Waals surface area contributed by atoms with Crippen molar-refractivity contribution in [3.8, 4) is 11.1 Å².